The van der Waals surface area contributed by atoms with Gasteiger partial charge in [0.25, 0.3) is 11.8 Å². The number of hydrogen-bond donors (Lipinski definition) is 1. The molecule has 0 unspecified atom stereocenters. The number of carbonyl (C=O) groups is 2. The third-order valence-corrected chi connectivity index (χ3v) is 4.36. The van der Waals surface area contributed by atoms with Crippen molar-refractivity contribution in [1.82, 2.24) is 14.9 Å². The molecule has 3 rings (SSSR count). The highest BCUT2D eigenvalue weighted by Gasteiger charge is 2.16. The minimum absolute atomic E-state index is 0. The van der Waals surface area contributed by atoms with E-state index in [9.17, 15) is 9.59 Å². The number of carbonyl (C=O) groups excluding carboxylic acids is 2. The van der Waals surface area contributed by atoms with Crippen LogP contribution in [0.3, 0.4) is 0 Å². The van der Waals surface area contributed by atoms with Crippen LogP contribution in [0.5, 0.6) is 5.75 Å². The fraction of sp³-hybridized carbons (Fsp3) is 0.182. The van der Waals surface area contributed by atoms with Gasteiger partial charge in [0.1, 0.15) is 11.4 Å². The van der Waals surface area contributed by atoms with Crippen LogP contribution in [0, 0.1) is 6.92 Å². The number of aromatic nitrogens is 2. The van der Waals surface area contributed by atoms with Crippen LogP contribution in [0.25, 0.3) is 11.3 Å². The van der Waals surface area contributed by atoms with Crippen LogP contribution in [0.15, 0.2) is 54.7 Å². The van der Waals surface area contributed by atoms with E-state index in [0.29, 0.717) is 28.4 Å². The predicted molar refractivity (Wildman–Crippen MR) is 115 cm³/mol. The van der Waals surface area contributed by atoms with Gasteiger partial charge in [0.15, 0.2) is 0 Å². The average Bonchev–Trinajstić information content (AvgIpc) is 2.74. The van der Waals surface area contributed by atoms with Crippen molar-refractivity contribution >= 4 is 17.5 Å². The van der Waals surface area contributed by atoms with E-state index < -0.39 is 0 Å². The van der Waals surface area contributed by atoms with Gasteiger partial charge in [-0.15, -0.1) is 0 Å². The van der Waals surface area contributed by atoms with Gasteiger partial charge >= 0.3 is 0 Å². The highest BCUT2D eigenvalue weighted by Crippen LogP contribution is 2.24. The predicted octanol–water partition coefficient (Wildman–Crippen LogP) is 3.91. The van der Waals surface area contributed by atoms with Gasteiger partial charge in [0.05, 0.1) is 30.4 Å². The Morgan fingerprint density at radius 1 is 1.07 bits per heavy atom. The Kier molecular flexibility index (Phi) is 5.87. The SMILES string of the molecule is COc1ccccc1NC(=O)c1nc(-c2ccc(C(=O)N(C)C)cc2)cnc1C.[HH].[HH]. The fourth-order valence-corrected chi connectivity index (χ4v) is 2.77. The van der Waals surface area contributed by atoms with Crippen LogP contribution in [-0.2, 0) is 0 Å². The molecule has 1 heterocycles. The second kappa shape index (κ2) is 8.52. The first-order valence-corrected chi connectivity index (χ1v) is 9.01. The third kappa shape index (κ3) is 4.40. The van der Waals surface area contributed by atoms with E-state index in [0.717, 1.165) is 5.56 Å². The summed E-state index contributed by atoms with van der Waals surface area (Å²) in [5.74, 6) is 0.105. The molecule has 1 N–H and O–H groups in total. The average molecular weight is 394 g/mol. The standard InChI is InChI=1S/C22H22N4O3.2H2/c1-14-20(21(27)25-17-7-5-6-8-19(17)29-4)24-18(13-23-14)15-9-11-16(12-10-15)22(28)26(2)3;;/h5-13H,1-4H3,(H,25,27);2*1H. The fourth-order valence-electron chi connectivity index (χ4n) is 2.77. The number of amides is 2. The van der Waals surface area contributed by atoms with Gasteiger partial charge in [-0.3, -0.25) is 14.6 Å². The van der Waals surface area contributed by atoms with Gasteiger partial charge in [-0.1, -0.05) is 24.3 Å². The summed E-state index contributed by atoms with van der Waals surface area (Å²) in [6.07, 6.45) is 1.61. The molecule has 7 heteroatoms. The van der Waals surface area contributed by atoms with Crippen LogP contribution in [0.4, 0.5) is 5.69 Å². The second-order valence-corrected chi connectivity index (χ2v) is 6.62. The lowest BCUT2D eigenvalue weighted by atomic mass is 10.1. The number of benzene rings is 2. The van der Waals surface area contributed by atoms with Crippen molar-refractivity contribution in [3.63, 3.8) is 0 Å². The van der Waals surface area contributed by atoms with Crippen LogP contribution in [-0.4, -0.2) is 47.9 Å². The maximum absolute atomic E-state index is 12.8. The molecule has 0 fully saturated rings. The molecule has 3 aromatic rings. The highest BCUT2D eigenvalue weighted by atomic mass is 16.5. The van der Waals surface area contributed by atoms with Crippen LogP contribution in [0.1, 0.15) is 29.4 Å². The smallest absolute Gasteiger partial charge is 0.276 e. The summed E-state index contributed by atoms with van der Waals surface area (Å²) in [4.78, 5) is 35.2. The molecule has 2 amide bonds. The first-order chi connectivity index (χ1) is 13.9. The molecule has 0 saturated carbocycles. The van der Waals surface area contributed by atoms with Crippen molar-refractivity contribution in [1.29, 1.82) is 0 Å². The Balaban J connectivity index is 0.00000240. The molecule has 152 valence electrons. The van der Waals surface area contributed by atoms with Crippen molar-refractivity contribution < 1.29 is 17.2 Å². The van der Waals surface area contributed by atoms with Crippen molar-refractivity contribution in [2.45, 2.75) is 6.92 Å². The molecule has 0 aliphatic carbocycles. The minimum Gasteiger partial charge on any atom is -0.495 e. The first-order valence-electron chi connectivity index (χ1n) is 9.01. The molecule has 0 saturated heterocycles. The molecule has 0 aliphatic rings. The van der Waals surface area contributed by atoms with Gasteiger partial charge < -0.3 is 15.0 Å². The highest BCUT2D eigenvalue weighted by molar-refractivity contribution is 6.04. The quantitative estimate of drug-likeness (QED) is 0.709. The molecule has 0 spiro atoms. The van der Waals surface area contributed by atoms with Crippen LogP contribution >= 0.6 is 0 Å². The van der Waals surface area contributed by atoms with Gasteiger partial charge in [-0.2, -0.15) is 0 Å². The lowest BCUT2D eigenvalue weighted by Gasteiger charge is -2.12. The van der Waals surface area contributed by atoms with Crippen molar-refractivity contribution in [2.24, 2.45) is 0 Å². The van der Waals surface area contributed by atoms with Gasteiger partial charge in [0.2, 0.25) is 0 Å². The summed E-state index contributed by atoms with van der Waals surface area (Å²) in [5.41, 5.74) is 3.18. The van der Waals surface area contributed by atoms with E-state index in [4.69, 9.17) is 4.74 Å². The Morgan fingerprint density at radius 3 is 2.41 bits per heavy atom. The maximum atomic E-state index is 12.8. The number of ether oxygens (including phenoxy) is 1. The molecule has 29 heavy (non-hydrogen) atoms. The summed E-state index contributed by atoms with van der Waals surface area (Å²) in [5, 5.41) is 2.82. The molecule has 0 bridgehead atoms. The van der Waals surface area contributed by atoms with Crippen molar-refractivity contribution in [3.05, 3.63) is 71.7 Å². The number of nitrogens with one attached hydrogen (secondary N) is 1. The molecule has 1 aromatic heterocycles. The maximum Gasteiger partial charge on any atom is 0.276 e. The zero-order chi connectivity index (χ0) is 21.0. The Labute approximate surface area is 172 Å². The largest absolute Gasteiger partial charge is 0.495 e. The lowest BCUT2D eigenvalue weighted by molar-refractivity contribution is 0.0827. The molecule has 7 nitrogen and oxygen atoms in total. The minimum atomic E-state index is -0.374. The summed E-state index contributed by atoms with van der Waals surface area (Å²) < 4.78 is 5.27. The number of rotatable bonds is 5. The normalized spacial score (nSPS) is 10.3. The van der Waals surface area contributed by atoms with Gasteiger partial charge in [0, 0.05) is 28.1 Å². The zero-order valence-electron chi connectivity index (χ0n) is 16.8. The van der Waals surface area contributed by atoms with Gasteiger partial charge in [-0.05, 0) is 31.2 Å². The van der Waals surface area contributed by atoms with E-state index in [1.54, 1.807) is 70.7 Å². The van der Waals surface area contributed by atoms with Crippen LogP contribution in [0.2, 0.25) is 0 Å². The monoisotopic (exact) mass is 394 g/mol. The van der Waals surface area contributed by atoms with Crippen LogP contribution < -0.4 is 10.1 Å². The lowest BCUT2D eigenvalue weighted by Crippen LogP contribution is -2.21. The first kappa shape index (κ1) is 20.0. The number of aryl methyl sites for hydroxylation is 1. The van der Waals surface area contributed by atoms with E-state index in [1.165, 1.54) is 4.90 Å². The van der Waals surface area contributed by atoms with E-state index in [1.807, 2.05) is 12.1 Å². The van der Waals surface area contributed by atoms with Crippen molar-refractivity contribution in [2.75, 3.05) is 26.5 Å². The second-order valence-electron chi connectivity index (χ2n) is 6.62. The molecular weight excluding hydrogens is 368 g/mol. The number of nitrogens with zero attached hydrogens (tertiary/aromatic N) is 3. The summed E-state index contributed by atoms with van der Waals surface area (Å²) in [6, 6.07) is 14.2. The topological polar surface area (TPSA) is 84.4 Å². The van der Waals surface area contributed by atoms with E-state index in [-0.39, 0.29) is 20.4 Å². The molecular formula is C22H26N4O3. The third-order valence-electron chi connectivity index (χ3n) is 4.36. The molecule has 2 aromatic carbocycles. The van der Waals surface area contributed by atoms with Gasteiger partial charge in [-0.25, -0.2) is 4.98 Å². The van der Waals surface area contributed by atoms with E-state index >= 15 is 0 Å². The molecule has 0 aliphatic heterocycles. The Morgan fingerprint density at radius 2 is 1.76 bits per heavy atom. The summed E-state index contributed by atoms with van der Waals surface area (Å²) >= 11 is 0. The molecule has 0 radical (unpaired) electrons. The molecule has 0 atom stereocenters. The Bertz CT molecular complexity index is 1060. The van der Waals surface area contributed by atoms with E-state index in [2.05, 4.69) is 15.3 Å². The summed E-state index contributed by atoms with van der Waals surface area (Å²) in [6.45, 7) is 1.73. The van der Waals surface area contributed by atoms with Crippen molar-refractivity contribution in [3.8, 4) is 17.0 Å². The number of anilines is 1. The number of methoxy groups -OCH3 is 1. The summed E-state index contributed by atoms with van der Waals surface area (Å²) in [7, 11) is 4.95. The Hall–Kier alpha value is -3.74. The number of para-hydroxylation sites is 2. The number of hydrogen-bond acceptors (Lipinski definition) is 5. The zero-order valence-corrected chi connectivity index (χ0v) is 16.8.